The summed E-state index contributed by atoms with van der Waals surface area (Å²) in [7, 11) is 0. The number of nitrogens with one attached hydrogen (secondary N) is 1. The van der Waals surface area contributed by atoms with Gasteiger partial charge >= 0.3 is 6.09 Å². The lowest BCUT2D eigenvalue weighted by atomic mass is 10.2. The predicted octanol–water partition coefficient (Wildman–Crippen LogP) is 2.01. The zero-order valence-electron chi connectivity index (χ0n) is 10.5. The lowest BCUT2D eigenvalue weighted by molar-refractivity contribution is 0.0535. The standard InChI is InChI=1S/C12H14ClN3O2/c1-12(2,3)18-11(17)14-6-4-5-10-15-7-9(13)8-16-10/h7-8H,6H2,1-3H3,(H,14,17). The van der Waals surface area contributed by atoms with E-state index in [0.717, 1.165) is 0 Å². The number of carbonyl (C=O) groups excluding carboxylic acids is 1. The van der Waals surface area contributed by atoms with Crippen molar-refractivity contribution in [2.45, 2.75) is 26.4 Å². The molecule has 0 fully saturated rings. The molecule has 0 bridgehead atoms. The maximum Gasteiger partial charge on any atom is 0.408 e. The number of aromatic nitrogens is 2. The molecule has 1 aromatic heterocycles. The van der Waals surface area contributed by atoms with Gasteiger partial charge in [0, 0.05) is 0 Å². The Kier molecular flexibility index (Phi) is 4.93. The van der Waals surface area contributed by atoms with Crippen molar-refractivity contribution in [1.29, 1.82) is 0 Å². The van der Waals surface area contributed by atoms with E-state index in [1.807, 2.05) is 0 Å². The molecule has 0 atom stereocenters. The van der Waals surface area contributed by atoms with Crippen LogP contribution in [0, 0.1) is 11.8 Å². The first-order chi connectivity index (χ1) is 8.37. The SMILES string of the molecule is CC(C)(C)OC(=O)NCC#Cc1ncc(Cl)cn1. The monoisotopic (exact) mass is 267 g/mol. The van der Waals surface area contributed by atoms with Crippen molar-refractivity contribution in [3.05, 3.63) is 23.2 Å². The third-order valence-electron chi connectivity index (χ3n) is 1.54. The lowest BCUT2D eigenvalue weighted by Gasteiger charge is -2.18. The topological polar surface area (TPSA) is 64.1 Å². The molecular weight excluding hydrogens is 254 g/mol. The van der Waals surface area contributed by atoms with Gasteiger partial charge in [0.1, 0.15) is 5.60 Å². The second-order valence-corrected chi connectivity index (χ2v) is 4.82. The number of carbonyl (C=O) groups is 1. The fourth-order valence-electron chi connectivity index (χ4n) is 0.931. The summed E-state index contributed by atoms with van der Waals surface area (Å²) in [4.78, 5) is 19.1. The Morgan fingerprint density at radius 1 is 1.44 bits per heavy atom. The molecule has 18 heavy (non-hydrogen) atoms. The van der Waals surface area contributed by atoms with Gasteiger partial charge in [-0.05, 0) is 26.7 Å². The first-order valence-corrected chi connectivity index (χ1v) is 5.68. The lowest BCUT2D eigenvalue weighted by Crippen LogP contribution is -2.32. The summed E-state index contributed by atoms with van der Waals surface area (Å²) in [5.41, 5.74) is -0.517. The van der Waals surface area contributed by atoms with Gasteiger partial charge in [0.15, 0.2) is 0 Å². The molecule has 1 N–H and O–H groups in total. The van der Waals surface area contributed by atoms with Crippen molar-refractivity contribution in [2.75, 3.05) is 6.54 Å². The predicted molar refractivity (Wildman–Crippen MR) is 68.2 cm³/mol. The Balaban J connectivity index is 2.38. The van der Waals surface area contributed by atoms with Crippen LogP contribution in [0.25, 0.3) is 0 Å². The van der Waals surface area contributed by atoms with Crippen molar-refractivity contribution in [3.63, 3.8) is 0 Å². The van der Waals surface area contributed by atoms with E-state index in [0.29, 0.717) is 10.8 Å². The molecule has 0 aromatic carbocycles. The molecule has 0 aliphatic carbocycles. The molecule has 5 nitrogen and oxygen atoms in total. The third kappa shape index (κ3) is 6.06. The van der Waals surface area contributed by atoms with Crippen molar-refractivity contribution < 1.29 is 9.53 Å². The molecule has 96 valence electrons. The van der Waals surface area contributed by atoms with Crippen LogP contribution in [-0.4, -0.2) is 28.2 Å². The normalized spacial score (nSPS) is 10.2. The first-order valence-electron chi connectivity index (χ1n) is 5.30. The van der Waals surface area contributed by atoms with E-state index in [1.54, 1.807) is 20.8 Å². The molecule has 0 radical (unpaired) electrons. The molecule has 0 saturated carbocycles. The van der Waals surface area contributed by atoms with Gasteiger partial charge in [-0.1, -0.05) is 17.5 Å². The summed E-state index contributed by atoms with van der Waals surface area (Å²) in [6.45, 7) is 5.54. The van der Waals surface area contributed by atoms with Gasteiger partial charge in [-0.3, -0.25) is 0 Å². The summed E-state index contributed by atoms with van der Waals surface area (Å²) >= 11 is 5.63. The molecular formula is C12H14ClN3O2. The van der Waals surface area contributed by atoms with E-state index in [2.05, 4.69) is 27.1 Å². The van der Waals surface area contributed by atoms with E-state index in [4.69, 9.17) is 16.3 Å². The minimum absolute atomic E-state index is 0.168. The van der Waals surface area contributed by atoms with Crippen LogP contribution < -0.4 is 5.32 Å². The molecule has 0 spiro atoms. The minimum atomic E-state index is -0.517. The van der Waals surface area contributed by atoms with Crippen molar-refractivity contribution in [2.24, 2.45) is 0 Å². The maximum absolute atomic E-state index is 11.3. The summed E-state index contributed by atoms with van der Waals surface area (Å²) in [5.74, 6) is 5.75. The molecule has 0 aliphatic heterocycles. The summed E-state index contributed by atoms with van der Waals surface area (Å²) in [6.07, 6.45) is 2.41. The Hall–Kier alpha value is -1.80. The first kappa shape index (κ1) is 14.3. The number of amides is 1. The molecule has 1 rings (SSSR count). The van der Waals surface area contributed by atoms with Crippen LogP contribution >= 0.6 is 11.6 Å². The van der Waals surface area contributed by atoms with Gasteiger partial charge in [-0.2, -0.15) is 0 Å². The third-order valence-corrected chi connectivity index (χ3v) is 1.74. The largest absolute Gasteiger partial charge is 0.444 e. The van der Waals surface area contributed by atoms with Crippen LogP contribution in [0.2, 0.25) is 5.02 Å². The highest BCUT2D eigenvalue weighted by atomic mass is 35.5. The van der Waals surface area contributed by atoms with Crippen molar-refractivity contribution in [3.8, 4) is 11.8 Å². The van der Waals surface area contributed by atoms with Gasteiger partial charge in [0.2, 0.25) is 5.82 Å². The van der Waals surface area contributed by atoms with Crippen LogP contribution in [0.3, 0.4) is 0 Å². The Bertz CT molecular complexity index is 469. The Morgan fingerprint density at radius 3 is 2.61 bits per heavy atom. The molecule has 0 saturated heterocycles. The number of halogens is 1. The van der Waals surface area contributed by atoms with E-state index >= 15 is 0 Å². The average molecular weight is 268 g/mol. The number of alkyl carbamates (subject to hydrolysis) is 1. The minimum Gasteiger partial charge on any atom is -0.444 e. The van der Waals surface area contributed by atoms with Gasteiger partial charge in [0.25, 0.3) is 0 Å². The number of nitrogens with zero attached hydrogens (tertiary/aromatic N) is 2. The van der Waals surface area contributed by atoms with E-state index in [9.17, 15) is 4.79 Å². The summed E-state index contributed by atoms with van der Waals surface area (Å²) < 4.78 is 5.04. The van der Waals surface area contributed by atoms with Crippen molar-refractivity contribution >= 4 is 17.7 Å². The van der Waals surface area contributed by atoms with Gasteiger partial charge in [-0.15, -0.1) is 0 Å². The Labute approximate surface area is 111 Å². The van der Waals surface area contributed by atoms with E-state index < -0.39 is 11.7 Å². The number of hydrogen-bond acceptors (Lipinski definition) is 4. The van der Waals surface area contributed by atoms with E-state index in [1.165, 1.54) is 12.4 Å². The van der Waals surface area contributed by atoms with Gasteiger partial charge in [0.05, 0.1) is 24.0 Å². The molecule has 1 heterocycles. The highest BCUT2D eigenvalue weighted by Gasteiger charge is 2.14. The van der Waals surface area contributed by atoms with Gasteiger partial charge < -0.3 is 10.1 Å². The highest BCUT2D eigenvalue weighted by Crippen LogP contribution is 2.06. The number of ether oxygens (including phenoxy) is 1. The zero-order valence-corrected chi connectivity index (χ0v) is 11.2. The summed E-state index contributed by atoms with van der Waals surface area (Å²) in [5, 5.41) is 2.96. The number of rotatable bonds is 1. The second kappa shape index (κ2) is 6.22. The maximum atomic E-state index is 11.3. The Morgan fingerprint density at radius 2 is 2.06 bits per heavy atom. The second-order valence-electron chi connectivity index (χ2n) is 4.38. The molecule has 0 aliphatic rings. The fraction of sp³-hybridized carbons (Fsp3) is 0.417. The van der Waals surface area contributed by atoms with Crippen LogP contribution in [0.4, 0.5) is 4.79 Å². The zero-order chi connectivity index (χ0) is 13.6. The van der Waals surface area contributed by atoms with Gasteiger partial charge in [-0.25, -0.2) is 14.8 Å². The average Bonchev–Trinajstić information content (AvgIpc) is 2.24. The van der Waals surface area contributed by atoms with E-state index in [-0.39, 0.29) is 6.54 Å². The van der Waals surface area contributed by atoms with Crippen molar-refractivity contribution in [1.82, 2.24) is 15.3 Å². The van der Waals surface area contributed by atoms with Crippen LogP contribution in [0.15, 0.2) is 12.4 Å². The van der Waals surface area contributed by atoms with Crippen LogP contribution in [0.5, 0.6) is 0 Å². The summed E-state index contributed by atoms with van der Waals surface area (Å²) in [6, 6.07) is 0. The molecule has 1 amide bonds. The number of hydrogen-bond donors (Lipinski definition) is 1. The highest BCUT2D eigenvalue weighted by molar-refractivity contribution is 6.30. The quantitative estimate of drug-likeness (QED) is 0.791. The fourth-order valence-corrected chi connectivity index (χ4v) is 1.03. The molecule has 0 unspecified atom stereocenters. The smallest absolute Gasteiger partial charge is 0.408 e. The molecule has 6 heteroatoms. The van der Waals surface area contributed by atoms with Crippen LogP contribution in [-0.2, 0) is 4.74 Å². The van der Waals surface area contributed by atoms with Crippen LogP contribution in [0.1, 0.15) is 26.6 Å². The molecule has 1 aromatic rings.